The summed E-state index contributed by atoms with van der Waals surface area (Å²) in [5, 5.41) is -0.315. The largest absolute Gasteiger partial charge is 0.466 e. The first kappa shape index (κ1) is 14.7. The second-order valence-corrected chi connectivity index (χ2v) is 6.25. The number of anilines is 1. The summed E-state index contributed by atoms with van der Waals surface area (Å²) in [4.78, 5) is 23.6. The van der Waals surface area contributed by atoms with Crippen LogP contribution in [0.3, 0.4) is 0 Å². The molecular weight excluding hydrogens is 322 g/mol. The molecule has 0 aliphatic carbocycles. The highest BCUT2D eigenvalue weighted by molar-refractivity contribution is 8.05. The summed E-state index contributed by atoms with van der Waals surface area (Å²) in [5.41, 5.74) is 0.974. The van der Waals surface area contributed by atoms with Crippen LogP contribution in [0.15, 0.2) is 76.5 Å². The molecule has 0 saturated carbocycles. The third-order valence-corrected chi connectivity index (χ3v) is 4.77. The van der Waals surface area contributed by atoms with Gasteiger partial charge in [0.25, 0.3) is 5.91 Å². The molecule has 0 radical (unpaired) electrons. The van der Waals surface area contributed by atoms with Gasteiger partial charge >= 0.3 is 0 Å². The first-order valence-corrected chi connectivity index (χ1v) is 8.28. The normalized spacial score (nSPS) is 19.2. The molecule has 0 N–H and O–H groups in total. The molecule has 1 aromatic carbocycles. The van der Waals surface area contributed by atoms with Crippen molar-refractivity contribution in [2.45, 2.75) is 5.37 Å². The molecule has 0 spiro atoms. The number of rotatable bonds is 3. The van der Waals surface area contributed by atoms with Crippen LogP contribution >= 0.6 is 11.8 Å². The Morgan fingerprint density at radius 1 is 1.04 bits per heavy atom. The minimum absolute atomic E-state index is 0.128. The van der Waals surface area contributed by atoms with Crippen molar-refractivity contribution >= 4 is 29.7 Å². The fourth-order valence-electron chi connectivity index (χ4n) is 2.47. The van der Waals surface area contributed by atoms with Crippen LogP contribution < -0.4 is 4.90 Å². The number of amides is 1. The van der Waals surface area contributed by atoms with E-state index in [0.29, 0.717) is 16.6 Å². The van der Waals surface area contributed by atoms with Gasteiger partial charge < -0.3 is 4.42 Å². The molecule has 5 nitrogen and oxygen atoms in total. The molecule has 1 saturated heterocycles. The van der Waals surface area contributed by atoms with Crippen LogP contribution in [-0.4, -0.2) is 15.9 Å². The van der Waals surface area contributed by atoms with Gasteiger partial charge in [-0.15, -0.1) is 0 Å². The van der Waals surface area contributed by atoms with Crippen LogP contribution in [-0.2, 0) is 4.79 Å². The number of furan rings is 1. The fourth-order valence-corrected chi connectivity index (χ4v) is 3.66. The van der Waals surface area contributed by atoms with Crippen LogP contribution in [0, 0.1) is 0 Å². The molecule has 1 unspecified atom stereocenters. The Labute approximate surface area is 143 Å². The van der Waals surface area contributed by atoms with Crippen molar-refractivity contribution in [1.29, 1.82) is 0 Å². The minimum atomic E-state index is -0.315. The van der Waals surface area contributed by atoms with Gasteiger partial charge in [-0.3, -0.25) is 9.69 Å². The van der Waals surface area contributed by atoms with Crippen molar-refractivity contribution < 1.29 is 9.21 Å². The van der Waals surface area contributed by atoms with E-state index in [1.807, 2.05) is 48.5 Å². The maximum absolute atomic E-state index is 12.9. The lowest BCUT2D eigenvalue weighted by Crippen LogP contribution is -2.28. The Morgan fingerprint density at radius 2 is 1.83 bits per heavy atom. The van der Waals surface area contributed by atoms with E-state index in [2.05, 4.69) is 9.97 Å². The Bertz CT molecular complexity index is 864. The zero-order chi connectivity index (χ0) is 16.4. The van der Waals surface area contributed by atoms with Gasteiger partial charge in [0.15, 0.2) is 0 Å². The van der Waals surface area contributed by atoms with Crippen molar-refractivity contribution in [2.24, 2.45) is 0 Å². The topological polar surface area (TPSA) is 59.2 Å². The Hall–Kier alpha value is -2.86. The summed E-state index contributed by atoms with van der Waals surface area (Å²) in [6.07, 6.45) is 6.73. The van der Waals surface area contributed by atoms with Gasteiger partial charge in [-0.25, -0.2) is 9.97 Å². The number of carbonyl (C=O) groups excluding carboxylic acids is 1. The van der Waals surface area contributed by atoms with Crippen molar-refractivity contribution in [3.8, 4) is 0 Å². The number of hydrogen-bond acceptors (Lipinski definition) is 5. The van der Waals surface area contributed by atoms with Crippen LogP contribution in [0.25, 0.3) is 6.08 Å². The summed E-state index contributed by atoms with van der Waals surface area (Å²) in [6.45, 7) is 0. The zero-order valence-electron chi connectivity index (χ0n) is 12.6. The number of thioether (sulfide) groups is 1. The molecule has 118 valence electrons. The average Bonchev–Trinajstić information content (AvgIpc) is 3.26. The predicted molar refractivity (Wildman–Crippen MR) is 93.0 cm³/mol. The highest BCUT2D eigenvalue weighted by Crippen LogP contribution is 2.47. The molecule has 1 aliphatic heterocycles. The van der Waals surface area contributed by atoms with Gasteiger partial charge in [0, 0.05) is 12.4 Å². The first-order chi connectivity index (χ1) is 11.8. The highest BCUT2D eigenvalue weighted by Gasteiger charge is 2.41. The molecule has 1 amide bonds. The Balaban J connectivity index is 1.76. The van der Waals surface area contributed by atoms with Gasteiger partial charge in [-0.05, 0) is 29.8 Å². The molecular formula is C18H13N3O2S. The van der Waals surface area contributed by atoms with Crippen LogP contribution in [0.2, 0.25) is 0 Å². The van der Waals surface area contributed by atoms with E-state index in [-0.39, 0.29) is 11.3 Å². The van der Waals surface area contributed by atoms with E-state index in [1.165, 1.54) is 11.8 Å². The first-order valence-electron chi connectivity index (χ1n) is 7.40. The number of aromatic nitrogens is 2. The number of hydrogen-bond donors (Lipinski definition) is 0. The molecule has 4 rings (SSSR count). The summed E-state index contributed by atoms with van der Waals surface area (Å²) < 4.78 is 5.52. The van der Waals surface area contributed by atoms with Gasteiger partial charge in [0.1, 0.15) is 11.1 Å². The lowest BCUT2D eigenvalue weighted by atomic mass is 10.2. The summed E-state index contributed by atoms with van der Waals surface area (Å²) in [5.74, 6) is 0.932. The minimum Gasteiger partial charge on any atom is -0.466 e. The van der Waals surface area contributed by atoms with Crippen molar-refractivity contribution in [3.63, 3.8) is 0 Å². The van der Waals surface area contributed by atoms with E-state index in [1.54, 1.807) is 29.6 Å². The van der Waals surface area contributed by atoms with E-state index in [4.69, 9.17) is 4.42 Å². The standard InChI is InChI=1S/C18H13N3O2S/c22-16-15(12-13-6-2-1-3-7-13)24-17(14-8-4-11-23-14)21(16)18-19-9-5-10-20-18/h1-12,17H. The van der Waals surface area contributed by atoms with Crippen molar-refractivity contribution in [3.05, 3.63) is 83.4 Å². The maximum Gasteiger partial charge on any atom is 0.268 e. The molecule has 1 aliphatic rings. The maximum atomic E-state index is 12.9. The van der Waals surface area contributed by atoms with Gasteiger partial charge in [-0.2, -0.15) is 0 Å². The Kier molecular flexibility index (Phi) is 3.88. The lowest BCUT2D eigenvalue weighted by Gasteiger charge is -2.18. The third-order valence-electron chi connectivity index (χ3n) is 3.55. The molecule has 1 atom stereocenters. The van der Waals surface area contributed by atoms with Crippen LogP contribution in [0.4, 0.5) is 5.95 Å². The predicted octanol–water partition coefficient (Wildman–Crippen LogP) is 3.89. The number of carbonyl (C=O) groups is 1. The SMILES string of the molecule is O=C1C(=Cc2ccccc2)SC(c2ccco2)N1c1ncccn1. The van der Waals surface area contributed by atoms with E-state index in [9.17, 15) is 4.79 Å². The second-order valence-electron chi connectivity index (χ2n) is 5.13. The molecule has 3 aromatic rings. The van der Waals surface area contributed by atoms with E-state index < -0.39 is 0 Å². The zero-order valence-corrected chi connectivity index (χ0v) is 13.4. The molecule has 1 fully saturated rings. The van der Waals surface area contributed by atoms with Crippen LogP contribution in [0.5, 0.6) is 0 Å². The van der Waals surface area contributed by atoms with E-state index >= 15 is 0 Å². The summed E-state index contributed by atoms with van der Waals surface area (Å²) >= 11 is 1.44. The quantitative estimate of drug-likeness (QED) is 0.680. The second kappa shape index (κ2) is 6.33. The molecule has 0 bridgehead atoms. The number of benzene rings is 1. The summed E-state index contributed by atoms with van der Waals surface area (Å²) in [6, 6.07) is 15.1. The highest BCUT2D eigenvalue weighted by atomic mass is 32.2. The fraction of sp³-hybridized carbons (Fsp3) is 0.0556. The number of nitrogens with zero attached hydrogens (tertiary/aromatic N) is 3. The molecule has 3 heterocycles. The van der Waals surface area contributed by atoms with Gasteiger partial charge in [0.2, 0.25) is 5.95 Å². The Morgan fingerprint density at radius 3 is 2.54 bits per heavy atom. The average molecular weight is 335 g/mol. The van der Waals surface area contributed by atoms with Crippen LogP contribution in [0.1, 0.15) is 16.7 Å². The van der Waals surface area contributed by atoms with Gasteiger partial charge in [-0.1, -0.05) is 42.1 Å². The van der Waals surface area contributed by atoms with E-state index in [0.717, 1.165) is 5.56 Å². The monoisotopic (exact) mass is 335 g/mol. The lowest BCUT2D eigenvalue weighted by molar-refractivity contribution is -0.114. The van der Waals surface area contributed by atoms with Crippen molar-refractivity contribution in [2.75, 3.05) is 4.90 Å². The molecule has 2 aromatic heterocycles. The third kappa shape index (κ3) is 2.72. The molecule has 24 heavy (non-hydrogen) atoms. The van der Waals surface area contributed by atoms with Crippen molar-refractivity contribution in [1.82, 2.24) is 9.97 Å². The summed E-state index contributed by atoms with van der Waals surface area (Å²) in [7, 11) is 0. The van der Waals surface area contributed by atoms with Gasteiger partial charge in [0.05, 0.1) is 11.2 Å². The smallest absolute Gasteiger partial charge is 0.268 e. The molecule has 6 heteroatoms.